The van der Waals surface area contributed by atoms with Crippen LogP contribution in [-0.2, 0) is 4.74 Å². The summed E-state index contributed by atoms with van der Waals surface area (Å²) >= 11 is 0. The van der Waals surface area contributed by atoms with Crippen LogP contribution in [0.5, 0.6) is 5.75 Å². The molecule has 0 amide bonds. The maximum Gasteiger partial charge on any atom is 0.118 e. The number of hydrogen-bond donors (Lipinski definition) is 1. The fraction of sp³-hybridized carbons (Fsp3) is 0.600. The lowest BCUT2D eigenvalue weighted by Gasteiger charge is -2.36. The summed E-state index contributed by atoms with van der Waals surface area (Å²) in [5.74, 6) is 0.887. The van der Waals surface area contributed by atoms with Gasteiger partial charge in [0.05, 0.1) is 25.9 Å². The van der Waals surface area contributed by atoms with Gasteiger partial charge in [0, 0.05) is 13.1 Å². The van der Waals surface area contributed by atoms with E-state index >= 15 is 0 Å². The van der Waals surface area contributed by atoms with Gasteiger partial charge < -0.3 is 14.8 Å². The maximum atomic E-state index is 5.94. The molecule has 0 radical (unpaired) electrons. The Morgan fingerprint density at radius 1 is 1.42 bits per heavy atom. The van der Waals surface area contributed by atoms with E-state index in [-0.39, 0.29) is 12.1 Å². The van der Waals surface area contributed by atoms with Crippen molar-refractivity contribution < 1.29 is 9.47 Å². The van der Waals surface area contributed by atoms with Crippen LogP contribution >= 0.6 is 0 Å². The third kappa shape index (κ3) is 3.47. The zero-order chi connectivity index (χ0) is 13.7. The largest absolute Gasteiger partial charge is 0.497 e. The summed E-state index contributed by atoms with van der Waals surface area (Å²) in [4.78, 5) is 2.43. The van der Waals surface area contributed by atoms with Gasteiger partial charge in [0.1, 0.15) is 5.75 Å². The van der Waals surface area contributed by atoms with Crippen molar-refractivity contribution in [2.45, 2.75) is 19.1 Å². The number of nitrogens with one attached hydrogen (secondary N) is 1. The number of ether oxygens (including phenoxy) is 2. The molecule has 106 valence electrons. The van der Waals surface area contributed by atoms with Gasteiger partial charge in [-0.1, -0.05) is 19.1 Å². The first-order valence-corrected chi connectivity index (χ1v) is 6.93. The van der Waals surface area contributed by atoms with Crippen LogP contribution in [0.1, 0.15) is 18.5 Å². The smallest absolute Gasteiger partial charge is 0.118 e. The normalized spacial score (nSPS) is 22.2. The number of hydrogen-bond acceptors (Lipinski definition) is 4. The monoisotopic (exact) mass is 264 g/mol. The van der Waals surface area contributed by atoms with Crippen molar-refractivity contribution in [3.63, 3.8) is 0 Å². The van der Waals surface area contributed by atoms with Crippen LogP contribution in [-0.4, -0.2) is 51.4 Å². The second kappa shape index (κ2) is 6.89. The van der Waals surface area contributed by atoms with Crippen LogP contribution in [0.4, 0.5) is 0 Å². The van der Waals surface area contributed by atoms with Gasteiger partial charge in [0.25, 0.3) is 0 Å². The minimum Gasteiger partial charge on any atom is -0.497 e. The Hall–Kier alpha value is -1.10. The molecule has 0 saturated carbocycles. The highest BCUT2D eigenvalue weighted by molar-refractivity contribution is 5.29. The molecule has 1 saturated heterocycles. The van der Waals surface area contributed by atoms with Crippen molar-refractivity contribution in [2.75, 3.05) is 40.4 Å². The van der Waals surface area contributed by atoms with Crippen LogP contribution in [0.25, 0.3) is 0 Å². The molecule has 2 unspecified atom stereocenters. The Bertz CT molecular complexity index is 380. The molecule has 4 nitrogen and oxygen atoms in total. The highest BCUT2D eigenvalue weighted by Crippen LogP contribution is 2.24. The minimum absolute atomic E-state index is 0.201. The highest BCUT2D eigenvalue weighted by Gasteiger charge is 2.27. The van der Waals surface area contributed by atoms with Gasteiger partial charge in [-0.25, -0.2) is 0 Å². The Kier molecular flexibility index (Phi) is 5.19. The standard InChI is InChI=1S/C15H24N2O2/c1-4-17-9-10-19-14(11-17)15(16-2)12-5-7-13(18-3)8-6-12/h5-8,14-16H,4,9-11H2,1-3H3. The minimum atomic E-state index is 0.201. The summed E-state index contributed by atoms with van der Waals surface area (Å²) in [5.41, 5.74) is 1.24. The van der Waals surface area contributed by atoms with E-state index in [0.29, 0.717) is 0 Å². The van der Waals surface area contributed by atoms with E-state index in [9.17, 15) is 0 Å². The quantitative estimate of drug-likeness (QED) is 0.877. The van der Waals surface area contributed by atoms with Crippen LogP contribution in [0.3, 0.4) is 0 Å². The highest BCUT2D eigenvalue weighted by atomic mass is 16.5. The van der Waals surface area contributed by atoms with Crippen molar-refractivity contribution in [3.8, 4) is 5.75 Å². The number of nitrogens with zero attached hydrogens (tertiary/aromatic N) is 1. The molecule has 0 aromatic heterocycles. The molecule has 1 aliphatic heterocycles. The third-order valence-corrected chi connectivity index (χ3v) is 3.78. The van der Waals surface area contributed by atoms with Gasteiger partial charge in [0.2, 0.25) is 0 Å². The molecule has 0 spiro atoms. The molecule has 1 aliphatic rings. The molecule has 0 aliphatic carbocycles. The lowest BCUT2D eigenvalue weighted by Crippen LogP contribution is -2.47. The average molecular weight is 264 g/mol. The molecular formula is C15H24N2O2. The van der Waals surface area contributed by atoms with E-state index in [0.717, 1.165) is 32.0 Å². The lowest BCUT2D eigenvalue weighted by atomic mass is 10.00. The number of methoxy groups -OCH3 is 1. The molecule has 1 fully saturated rings. The molecule has 2 rings (SSSR count). The molecule has 1 aromatic rings. The van der Waals surface area contributed by atoms with E-state index in [1.165, 1.54) is 5.56 Å². The molecule has 0 bridgehead atoms. The van der Waals surface area contributed by atoms with E-state index in [1.54, 1.807) is 7.11 Å². The molecular weight excluding hydrogens is 240 g/mol. The van der Waals surface area contributed by atoms with Crippen LogP contribution in [0.2, 0.25) is 0 Å². The predicted molar refractivity (Wildman–Crippen MR) is 76.6 cm³/mol. The van der Waals surface area contributed by atoms with Gasteiger partial charge >= 0.3 is 0 Å². The van der Waals surface area contributed by atoms with Gasteiger partial charge in [0.15, 0.2) is 0 Å². The summed E-state index contributed by atoms with van der Waals surface area (Å²) in [6.07, 6.45) is 0.201. The first-order valence-electron chi connectivity index (χ1n) is 6.93. The summed E-state index contributed by atoms with van der Waals surface area (Å²) in [7, 11) is 3.68. The maximum absolute atomic E-state index is 5.94. The van der Waals surface area contributed by atoms with Crippen LogP contribution in [0.15, 0.2) is 24.3 Å². The second-order valence-electron chi connectivity index (χ2n) is 4.84. The summed E-state index contributed by atoms with van der Waals surface area (Å²) < 4.78 is 11.1. The van der Waals surface area contributed by atoms with Crippen molar-refractivity contribution in [1.29, 1.82) is 0 Å². The topological polar surface area (TPSA) is 33.7 Å². The van der Waals surface area contributed by atoms with Crippen molar-refractivity contribution in [3.05, 3.63) is 29.8 Å². The Morgan fingerprint density at radius 3 is 2.74 bits per heavy atom. The summed E-state index contributed by atoms with van der Waals surface area (Å²) in [6.45, 7) is 6.11. The number of benzene rings is 1. The van der Waals surface area contributed by atoms with E-state index in [1.807, 2.05) is 19.2 Å². The Morgan fingerprint density at radius 2 is 2.16 bits per heavy atom. The SMILES string of the molecule is CCN1CCOC(C(NC)c2ccc(OC)cc2)C1. The number of morpholine rings is 1. The van der Waals surface area contributed by atoms with Gasteiger partial charge in [-0.05, 0) is 31.3 Å². The van der Waals surface area contributed by atoms with E-state index in [4.69, 9.17) is 9.47 Å². The fourth-order valence-corrected chi connectivity index (χ4v) is 2.60. The van der Waals surface area contributed by atoms with E-state index in [2.05, 4.69) is 29.3 Å². The summed E-state index contributed by atoms with van der Waals surface area (Å²) in [6, 6.07) is 8.43. The zero-order valence-electron chi connectivity index (χ0n) is 12.1. The third-order valence-electron chi connectivity index (χ3n) is 3.78. The number of likely N-dealkylation sites (N-methyl/N-ethyl adjacent to an activating group) is 2. The Balaban J connectivity index is 2.09. The first-order chi connectivity index (χ1) is 9.28. The molecule has 1 heterocycles. The first kappa shape index (κ1) is 14.3. The zero-order valence-corrected chi connectivity index (χ0v) is 12.1. The van der Waals surface area contributed by atoms with Gasteiger partial charge in [-0.3, -0.25) is 4.90 Å². The van der Waals surface area contributed by atoms with Crippen molar-refractivity contribution >= 4 is 0 Å². The van der Waals surface area contributed by atoms with Crippen LogP contribution < -0.4 is 10.1 Å². The molecule has 4 heteroatoms. The second-order valence-corrected chi connectivity index (χ2v) is 4.84. The Labute approximate surface area is 115 Å². The van der Waals surface area contributed by atoms with Gasteiger partial charge in [-0.2, -0.15) is 0 Å². The van der Waals surface area contributed by atoms with E-state index < -0.39 is 0 Å². The fourth-order valence-electron chi connectivity index (χ4n) is 2.60. The molecule has 19 heavy (non-hydrogen) atoms. The lowest BCUT2D eigenvalue weighted by molar-refractivity contribution is -0.0444. The molecule has 1 N–H and O–H groups in total. The average Bonchev–Trinajstić information content (AvgIpc) is 2.49. The van der Waals surface area contributed by atoms with Crippen LogP contribution in [0, 0.1) is 0 Å². The molecule has 1 aromatic carbocycles. The predicted octanol–water partition coefficient (Wildman–Crippen LogP) is 1.68. The molecule has 2 atom stereocenters. The van der Waals surface area contributed by atoms with Crippen molar-refractivity contribution in [2.24, 2.45) is 0 Å². The van der Waals surface area contributed by atoms with Crippen molar-refractivity contribution in [1.82, 2.24) is 10.2 Å². The number of rotatable bonds is 5. The van der Waals surface area contributed by atoms with Gasteiger partial charge in [-0.15, -0.1) is 0 Å². The summed E-state index contributed by atoms with van der Waals surface area (Å²) in [5, 5.41) is 3.38.